The summed E-state index contributed by atoms with van der Waals surface area (Å²) in [6.07, 6.45) is 4.26. The van der Waals surface area contributed by atoms with Crippen LogP contribution in [0.3, 0.4) is 0 Å². The minimum absolute atomic E-state index is 0.0144. The lowest BCUT2D eigenvalue weighted by atomic mass is 10.2. The van der Waals surface area contributed by atoms with Crippen LogP contribution in [0, 0.1) is 0 Å². The molecule has 8 nitrogen and oxygen atoms in total. The van der Waals surface area contributed by atoms with Gasteiger partial charge < -0.3 is 23.5 Å². The van der Waals surface area contributed by atoms with E-state index in [0.717, 1.165) is 5.69 Å². The second kappa shape index (κ2) is 11.8. The molecule has 2 heterocycles. The topological polar surface area (TPSA) is 85.0 Å². The predicted molar refractivity (Wildman–Crippen MR) is 111 cm³/mol. The molecule has 0 aliphatic carbocycles. The Balaban J connectivity index is 2.06. The van der Waals surface area contributed by atoms with Gasteiger partial charge in [0.1, 0.15) is 5.76 Å². The van der Waals surface area contributed by atoms with Gasteiger partial charge in [-0.2, -0.15) is 0 Å². The quantitative estimate of drug-likeness (QED) is 0.496. The molecule has 2 aromatic rings. The maximum Gasteiger partial charge on any atom is 0.306 e. The van der Waals surface area contributed by atoms with E-state index in [2.05, 4.69) is 0 Å². The second-order valence-electron chi connectivity index (χ2n) is 7.06. The van der Waals surface area contributed by atoms with Crippen LogP contribution in [0.1, 0.15) is 44.6 Å². The fourth-order valence-corrected chi connectivity index (χ4v) is 3.10. The first-order chi connectivity index (χ1) is 14.4. The molecule has 0 unspecified atom stereocenters. The molecular formula is C22H31N3O5. The summed E-state index contributed by atoms with van der Waals surface area (Å²) in [5.74, 6) is -0.134. The first-order valence-electron chi connectivity index (χ1n) is 10.3. The normalized spacial score (nSPS) is 10.6. The SMILES string of the molecule is CCCN(CC(=O)N(Cc1ccco1)Cc1cccn1C)C(=O)CCC(=O)OCC. The summed E-state index contributed by atoms with van der Waals surface area (Å²) in [6.45, 7) is 5.08. The van der Waals surface area contributed by atoms with Gasteiger partial charge in [-0.3, -0.25) is 14.4 Å². The lowest BCUT2D eigenvalue weighted by Crippen LogP contribution is -2.43. The Labute approximate surface area is 177 Å². The fourth-order valence-electron chi connectivity index (χ4n) is 3.10. The smallest absolute Gasteiger partial charge is 0.306 e. The number of hydrogen-bond acceptors (Lipinski definition) is 5. The molecule has 0 fully saturated rings. The van der Waals surface area contributed by atoms with Gasteiger partial charge in [0, 0.05) is 31.9 Å². The van der Waals surface area contributed by atoms with Crippen LogP contribution in [0.4, 0.5) is 0 Å². The summed E-state index contributed by atoms with van der Waals surface area (Å²) in [5, 5.41) is 0. The highest BCUT2D eigenvalue weighted by Crippen LogP contribution is 2.13. The van der Waals surface area contributed by atoms with Crippen LogP contribution in [0.25, 0.3) is 0 Å². The highest BCUT2D eigenvalue weighted by molar-refractivity contribution is 5.86. The van der Waals surface area contributed by atoms with E-state index in [1.807, 2.05) is 42.9 Å². The Morgan fingerprint density at radius 3 is 2.43 bits per heavy atom. The zero-order valence-corrected chi connectivity index (χ0v) is 18.0. The van der Waals surface area contributed by atoms with E-state index < -0.39 is 5.97 Å². The standard InChI is InChI=1S/C22H31N3O5/c1-4-12-24(20(26)10-11-22(28)29-5-2)17-21(27)25(16-19-9-7-14-30-19)15-18-8-6-13-23(18)3/h6-9,13-14H,4-5,10-12,15-17H2,1-3H3. The fraction of sp³-hybridized carbons (Fsp3) is 0.500. The molecule has 30 heavy (non-hydrogen) atoms. The van der Waals surface area contributed by atoms with Crippen LogP contribution in [0.2, 0.25) is 0 Å². The monoisotopic (exact) mass is 417 g/mol. The average molecular weight is 418 g/mol. The van der Waals surface area contributed by atoms with Crippen LogP contribution in [-0.2, 0) is 39.3 Å². The molecule has 2 rings (SSSR count). The van der Waals surface area contributed by atoms with Crippen LogP contribution in [-0.4, -0.2) is 51.8 Å². The number of ether oxygens (including phenoxy) is 1. The molecule has 8 heteroatoms. The van der Waals surface area contributed by atoms with Gasteiger partial charge in [-0.05, 0) is 37.6 Å². The van der Waals surface area contributed by atoms with Crippen molar-refractivity contribution in [2.24, 2.45) is 7.05 Å². The van der Waals surface area contributed by atoms with Crippen molar-refractivity contribution in [2.45, 2.75) is 46.2 Å². The van der Waals surface area contributed by atoms with Gasteiger partial charge in [-0.1, -0.05) is 6.92 Å². The highest BCUT2D eigenvalue weighted by Gasteiger charge is 2.23. The lowest BCUT2D eigenvalue weighted by molar-refractivity contribution is -0.146. The lowest BCUT2D eigenvalue weighted by Gasteiger charge is -2.27. The van der Waals surface area contributed by atoms with Crippen molar-refractivity contribution in [3.05, 3.63) is 48.2 Å². The molecule has 0 radical (unpaired) electrons. The molecule has 0 N–H and O–H groups in total. The third kappa shape index (κ3) is 7.09. The van der Waals surface area contributed by atoms with E-state index >= 15 is 0 Å². The van der Waals surface area contributed by atoms with Gasteiger partial charge in [-0.15, -0.1) is 0 Å². The summed E-state index contributed by atoms with van der Waals surface area (Å²) in [7, 11) is 1.92. The molecule has 0 saturated carbocycles. The molecule has 2 aromatic heterocycles. The highest BCUT2D eigenvalue weighted by atomic mass is 16.5. The van der Waals surface area contributed by atoms with Gasteiger partial charge in [0.2, 0.25) is 11.8 Å². The van der Waals surface area contributed by atoms with Gasteiger partial charge in [0.15, 0.2) is 0 Å². The van der Waals surface area contributed by atoms with Crippen LogP contribution < -0.4 is 0 Å². The third-order valence-corrected chi connectivity index (χ3v) is 4.70. The summed E-state index contributed by atoms with van der Waals surface area (Å²) in [5.41, 5.74) is 0.977. The first kappa shape index (κ1) is 23.3. The Bertz CT molecular complexity index is 813. The minimum Gasteiger partial charge on any atom is -0.467 e. The third-order valence-electron chi connectivity index (χ3n) is 4.70. The molecule has 0 aromatic carbocycles. The molecule has 0 bridgehead atoms. The Morgan fingerprint density at radius 2 is 1.83 bits per heavy atom. The maximum atomic E-state index is 13.1. The molecule has 164 valence electrons. The molecule has 0 saturated heterocycles. The van der Waals surface area contributed by atoms with Crippen molar-refractivity contribution in [2.75, 3.05) is 19.7 Å². The van der Waals surface area contributed by atoms with Crippen molar-refractivity contribution >= 4 is 17.8 Å². The van der Waals surface area contributed by atoms with E-state index in [4.69, 9.17) is 9.15 Å². The van der Waals surface area contributed by atoms with Gasteiger partial charge in [0.05, 0.1) is 38.9 Å². The van der Waals surface area contributed by atoms with Crippen molar-refractivity contribution in [1.82, 2.24) is 14.4 Å². The summed E-state index contributed by atoms with van der Waals surface area (Å²) < 4.78 is 12.3. The Hall–Kier alpha value is -3.03. The van der Waals surface area contributed by atoms with E-state index in [0.29, 0.717) is 31.8 Å². The number of furan rings is 1. The molecule has 0 aliphatic rings. The molecule has 0 aliphatic heterocycles. The summed E-state index contributed by atoms with van der Waals surface area (Å²) >= 11 is 0. The van der Waals surface area contributed by atoms with E-state index in [9.17, 15) is 14.4 Å². The van der Waals surface area contributed by atoms with Gasteiger partial charge >= 0.3 is 5.97 Å². The molecular weight excluding hydrogens is 386 g/mol. The number of amides is 2. The predicted octanol–water partition coefficient (Wildman–Crippen LogP) is 2.73. The van der Waals surface area contributed by atoms with E-state index in [1.165, 1.54) is 4.90 Å². The zero-order chi connectivity index (χ0) is 21.9. The zero-order valence-electron chi connectivity index (χ0n) is 18.0. The van der Waals surface area contributed by atoms with Crippen molar-refractivity contribution in [3.63, 3.8) is 0 Å². The second-order valence-corrected chi connectivity index (χ2v) is 7.06. The number of carbonyl (C=O) groups excluding carboxylic acids is 3. The van der Waals surface area contributed by atoms with Crippen LogP contribution in [0.5, 0.6) is 0 Å². The van der Waals surface area contributed by atoms with Crippen molar-refractivity contribution < 1.29 is 23.5 Å². The average Bonchev–Trinajstić information content (AvgIpc) is 3.37. The summed E-state index contributed by atoms with van der Waals surface area (Å²) in [6, 6.07) is 7.48. The number of hydrogen-bond donors (Lipinski definition) is 0. The number of aromatic nitrogens is 1. The Kier molecular flexibility index (Phi) is 9.18. The number of rotatable bonds is 12. The van der Waals surface area contributed by atoms with Crippen molar-refractivity contribution in [3.8, 4) is 0 Å². The van der Waals surface area contributed by atoms with E-state index in [1.54, 1.807) is 24.2 Å². The number of carbonyl (C=O) groups is 3. The minimum atomic E-state index is -0.406. The largest absolute Gasteiger partial charge is 0.467 e. The number of nitrogens with zero attached hydrogens (tertiary/aromatic N) is 3. The first-order valence-corrected chi connectivity index (χ1v) is 10.3. The maximum absolute atomic E-state index is 13.1. The number of aryl methyl sites for hydroxylation is 1. The Morgan fingerprint density at radius 1 is 1.03 bits per heavy atom. The van der Waals surface area contributed by atoms with Crippen LogP contribution in [0.15, 0.2) is 41.1 Å². The molecule has 2 amide bonds. The summed E-state index contributed by atoms with van der Waals surface area (Å²) in [4.78, 5) is 40.5. The van der Waals surface area contributed by atoms with Gasteiger partial charge in [0.25, 0.3) is 0 Å². The van der Waals surface area contributed by atoms with Gasteiger partial charge in [-0.25, -0.2) is 0 Å². The van der Waals surface area contributed by atoms with Crippen LogP contribution >= 0.6 is 0 Å². The molecule has 0 spiro atoms. The molecule has 0 atom stereocenters. The van der Waals surface area contributed by atoms with Crippen molar-refractivity contribution in [1.29, 1.82) is 0 Å². The van der Waals surface area contributed by atoms with E-state index in [-0.39, 0.29) is 37.8 Å². The number of esters is 1.